The molecule has 0 radical (unpaired) electrons. The molecule has 7 nitrogen and oxygen atoms in total. The highest BCUT2D eigenvalue weighted by Gasteiger charge is 2.36. The Morgan fingerprint density at radius 2 is 1.84 bits per heavy atom. The lowest BCUT2D eigenvalue weighted by Gasteiger charge is -2.15. The molecule has 0 aliphatic carbocycles. The van der Waals surface area contributed by atoms with Gasteiger partial charge in [-0.05, 0) is 82.2 Å². The number of halogens is 2. The Balaban J connectivity index is 1.36. The summed E-state index contributed by atoms with van der Waals surface area (Å²) in [6, 6.07) is 16.9. The summed E-state index contributed by atoms with van der Waals surface area (Å²) in [5.74, 6) is 1.89. The second-order valence-corrected chi connectivity index (χ2v) is 10.7. The van der Waals surface area contributed by atoms with Crippen LogP contribution in [0.5, 0.6) is 23.0 Å². The molecule has 0 bridgehead atoms. The molecule has 0 N–H and O–H groups in total. The highest BCUT2D eigenvalue weighted by molar-refractivity contribution is 14.1. The van der Waals surface area contributed by atoms with Gasteiger partial charge in [0.15, 0.2) is 23.0 Å². The number of thioether (sulfide) groups is 1. The Labute approximate surface area is 236 Å². The van der Waals surface area contributed by atoms with Crippen molar-refractivity contribution in [2.45, 2.75) is 20.1 Å². The van der Waals surface area contributed by atoms with Gasteiger partial charge in [0.2, 0.25) is 6.79 Å². The molecule has 3 aromatic rings. The number of imide groups is 1. The fourth-order valence-corrected chi connectivity index (χ4v) is 5.68. The average Bonchev–Trinajstić information content (AvgIpc) is 3.43. The number of carbonyl (C=O) groups is 2. The molecule has 1 fully saturated rings. The van der Waals surface area contributed by atoms with Gasteiger partial charge in [-0.1, -0.05) is 41.9 Å². The van der Waals surface area contributed by atoms with E-state index in [0.29, 0.717) is 51.7 Å². The van der Waals surface area contributed by atoms with Gasteiger partial charge in [0.05, 0.1) is 21.6 Å². The zero-order valence-corrected chi connectivity index (χ0v) is 23.4. The second-order valence-electron chi connectivity index (χ2n) is 8.10. The summed E-state index contributed by atoms with van der Waals surface area (Å²) < 4.78 is 23.5. The number of nitrogens with zero attached hydrogens (tertiary/aromatic N) is 1. The third-order valence-electron chi connectivity index (χ3n) is 5.60. The van der Waals surface area contributed by atoms with Crippen LogP contribution in [-0.4, -0.2) is 29.4 Å². The zero-order chi connectivity index (χ0) is 25.9. The first-order valence-electron chi connectivity index (χ1n) is 11.4. The standard InChI is InChI=1S/C27H21ClINO6S/c1-2-33-23-9-17(8-20(29)25(23)34-14-16-6-4-3-5-7-16)10-24-26(31)30(27(32)37-24)13-18-11-21-22(12-19(18)28)36-15-35-21/h3-12H,2,13-15H2,1H3/b24-10+. The summed E-state index contributed by atoms with van der Waals surface area (Å²) in [6.45, 7) is 2.89. The van der Waals surface area contributed by atoms with E-state index < -0.39 is 0 Å². The third-order valence-corrected chi connectivity index (χ3v) is 7.66. The number of amides is 2. The molecule has 0 unspecified atom stereocenters. The predicted molar refractivity (Wildman–Crippen MR) is 150 cm³/mol. The molecule has 5 rings (SSSR count). The van der Waals surface area contributed by atoms with Crippen molar-refractivity contribution in [3.63, 3.8) is 0 Å². The number of rotatable bonds is 8. The monoisotopic (exact) mass is 649 g/mol. The van der Waals surface area contributed by atoms with E-state index in [1.54, 1.807) is 18.2 Å². The Morgan fingerprint density at radius 3 is 2.59 bits per heavy atom. The molecule has 190 valence electrons. The molecule has 10 heteroatoms. The number of hydrogen-bond acceptors (Lipinski definition) is 7. The van der Waals surface area contributed by atoms with Gasteiger partial charge in [0, 0.05) is 11.1 Å². The van der Waals surface area contributed by atoms with E-state index in [4.69, 9.17) is 30.5 Å². The Hall–Kier alpha value is -2.89. The topological polar surface area (TPSA) is 74.3 Å². The van der Waals surface area contributed by atoms with Crippen molar-refractivity contribution in [2.24, 2.45) is 0 Å². The molecular weight excluding hydrogens is 629 g/mol. The highest BCUT2D eigenvalue weighted by atomic mass is 127. The first kappa shape index (κ1) is 25.7. The molecule has 2 aliphatic rings. The SMILES string of the molecule is CCOc1cc(/C=C2/SC(=O)N(Cc3cc4c(cc3Cl)OCO4)C2=O)cc(I)c1OCc1ccccc1. The molecular formula is C27H21ClINO6S. The van der Waals surface area contributed by atoms with E-state index in [2.05, 4.69) is 22.6 Å². The van der Waals surface area contributed by atoms with E-state index >= 15 is 0 Å². The maximum atomic E-state index is 13.2. The molecule has 2 aliphatic heterocycles. The Morgan fingerprint density at radius 1 is 1.08 bits per heavy atom. The lowest BCUT2D eigenvalue weighted by molar-refractivity contribution is -0.123. The van der Waals surface area contributed by atoms with Crippen LogP contribution in [0.1, 0.15) is 23.6 Å². The van der Waals surface area contributed by atoms with Crippen molar-refractivity contribution in [1.29, 1.82) is 0 Å². The van der Waals surface area contributed by atoms with E-state index in [1.165, 1.54) is 4.90 Å². The van der Waals surface area contributed by atoms with Crippen molar-refractivity contribution in [2.75, 3.05) is 13.4 Å². The summed E-state index contributed by atoms with van der Waals surface area (Å²) in [7, 11) is 0. The van der Waals surface area contributed by atoms with Crippen LogP contribution in [0.2, 0.25) is 5.02 Å². The van der Waals surface area contributed by atoms with Gasteiger partial charge in [-0.2, -0.15) is 0 Å². The summed E-state index contributed by atoms with van der Waals surface area (Å²) >= 11 is 9.44. The zero-order valence-electron chi connectivity index (χ0n) is 19.7. The Kier molecular flexibility index (Phi) is 7.82. The maximum Gasteiger partial charge on any atom is 0.293 e. The number of ether oxygens (including phenoxy) is 4. The van der Waals surface area contributed by atoms with Crippen molar-refractivity contribution in [3.05, 3.63) is 84.8 Å². The third kappa shape index (κ3) is 5.68. The van der Waals surface area contributed by atoms with Crippen LogP contribution in [0.3, 0.4) is 0 Å². The van der Waals surface area contributed by atoms with E-state index in [9.17, 15) is 9.59 Å². The summed E-state index contributed by atoms with van der Waals surface area (Å²) in [5.41, 5.74) is 2.37. The van der Waals surface area contributed by atoms with Crippen molar-refractivity contribution in [3.8, 4) is 23.0 Å². The normalized spacial score (nSPS) is 15.5. The molecule has 2 heterocycles. The minimum atomic E-state index is -0.388. The van der Waals surface area contributed by atoms with Crippen LogP contribution >= 0.6 is 46.0 Å². The van der Waals surface area contributed by atoms with Gasteiger partial charge < -0.3 is 18.9 Å². The molecule has 0 aromatic heterocycles. The summed E-state index contributed by atoms with van der Waals surface area (Å²) in [6.07, 6.45) is 1.69. The minimum Gasteiger partial charge on any atom is -0.490 e. The average molecular weight is 650 g/mol. The molecule has 0 atom stereocenters. The summed E-state index contributed by atoms with van der Waals surface area (Å²) in [4.78, 5) is 27.4. The van der Waals surface area contributed by atoms with E-state index in [-0.39, 0.29) is 24.5 Å². The molecule has 0 spiro atoms. The van der Waals surface area contributed by atoms with E-state index in [1.807, 2.05) is 49.4 Å². The number of fused-ring (bicyclic) bond motifs is 1. The summed E-state index contributed by atoms with van der Waals surface area (Å²) in [5, 5.41) is 0.0295. The minimum absolute atomic E-state index is 0.0332. The van der Waals surface area contributed by atoms with Gasteiger partial charge in [0.1, 0.15) is 6.61 Å². The lowest BCUT2D eigenvalue weighted by Crippen LogP contribution is -2.27. The molecule has 1 saturated heterocycles. The van der Waals surface area contributed by atoms with Gasteiger partial charge in [-0.15, -0.1) is 0 Å². The fourth-order valence-electron chi connectivity index (χ4n) is 3.84. The highest BCUT2D eigenvalue weighted by Crippen LogP contribution is 2.40. The Bertz CT molecular complexity index is 1400. The number of hydrogen-bond donors (Lipinski definition) is 0. The lowest BCUT2D eigenvalue weighted by atomic mass is 10.1. The second kappa shape index (κ2) is 11.2. The van der Waals surface area contributed by atoms with Crippen LogP contribution in [0.25, 0.3) is 6.08 Å². The van der Waals surface area contributed by atoms with E-state index in [0.717, 1.165) is 26.5 Å². The van der Waals surface area contributed by atoms with Crippen LogP contribution in [0.15, 0.2) is 59.5 Å². The first-order chi connectivity index (χ1) is 17.9. The van der Waals surface area contributed by atoms with Gasteiger partial charge >= 0.3 is 0 Å². The smallest absolute Gasteiger partial charge is 0.293 e. The fraction of sp³-hybridized carbons (Fsp3) is 0.185. The van der Waals surface area contributed by atoms with Crippen molar-refractivity contribution < 1.29 is 28.5 Å². The molecule has 37 heavy (non-hydrogen) atoms. The maximum absolute atomic E-state index is 13.2. The van der Waals surface area contributed by atoms with Crippen molar-refractivity contribution in [1.82, 2.24) is 4.90 Å². The van der Waals surface area contributed by atoms with Crippen molar-refractivity contribution >= 4 is 63.2 Å². The molecule has 2 amide bonds. The molecule has 3 aromatic carbocycles. The van der Waals surface area contributed by atoms with Gasteiger partial charge in [-0.25, -0.2) is 0 Å². The van der Waals surface area contributed by atoms with Gasteiger partial charge in [0.25, 0.3) is 11.1 Å². The van der Waals surface area contributed by atoms with Crippen LogP contribution < -0.4 is 18.9 Å². The van der Waals surface area contributed by atoms with Crippen LogP contribution in [-0.2, 0) is 17.9 Å². The number of benzene rings is 3. The largest absolute Gasteiger partial charge is 0.490 e. The van der Waals surface area contributed by atoms with Crippen LogP contribution in [0.4, 0.5) is 4.79 Å². The quantitative estimate of drug-likeness (QED) is 0.194. The number of carbonyl (C=O) groups excluding carboxylic acids is 2. The van der Waals surface area contributed by atoms with Crippen LogP contribution in [0, 0.1) is 3.57 Å². The van der Waals surface area contributed by atoms with Gasteiger partial charge in [-0.3, -0.25) is 14.5 Å². The molecule has 0 saturated carbocycles. The first-order valence-corrected chi connectivity index (χ1v) is 13.7. The predicted octanol–water partition coefficient (Wildman–Crippen LogP) is 6.89.